The van der Waals surface area contributed by atoms with E-state index in [2.05, 4.69) is 25.5 Å². The van der Waals surface area contributed by atoms with Crippen LogP contribution in [0.2, 0.25) is 0 Å². The predicted octanol–water partition coefficient (Wildman–Crippen LogP) is 2.63. The number of thiophene rings is 1. The SMILES string of the molecule is C/C(=N\NC(=O)Cc1nc2sc(C)c(C)c2c(=O)[nH]1)c1c(C)c[nH]c1C. The van der Waals surface area contributed by atoms with Gasteiger partial charge in [0.15, 0.2) is 0 Å². The van der Waals surface area contributed by atoms with Crippen LogP contribution in [0.15, 0.2) is 16.1 Å². The van der Waals surface area contributed by atoms with Gasteiger partial charge in [0, 0.05) is 22.3 Å². The molecule has 7 nitrogen and oxygen atoms in total. The number of hydrogen-bond acceptors (Lipinski definition) is 5. The summed E-state index contributed by atoms with van der Waals surface area (Å²) in [6.07, 6.45) is 1.86. The number of hydrazone groups is 1. The number of amides is 1. The Balaban J connectivity index is 1.77. The average Bonchev–Trinajstić information content (AvgIpc) is 3.04. The zero-order chi connectivity index (χ0) is 19.0. The lowest BCUT2D eigenvalue weighted by molar-refractivity contribution is -0.120. The quantitative estimate of drug-likeness (QED) is 0.485. The summed E-state index contributed by atoms with van der Waals surface area (Å²) in [5.74, 6) is 0.00537. The Hall–Kier alpha value is -2.74. The fourth-order valence-electron chi connectivity index (χ4n) is 2.99. The van der Waals surface area contributed by atoms with E-state index in [1.165, 1.54) is 11.3 Å². The summed E-state index contributed by atoms with van der Waals surface area (Å²) in [4.78, 5) is 36.4. The van der Waals surface area contributed by atoms with Crippen molar-refractivity contribution < 1.29 is 4.79 Å². The molecule has 0 radical (unpaired) electrons. The van der Waals surface area contributed by atoms with E-state index in [1.54, 1.807) is 0 Å². The van der Waals surface area contributed by atoms with Crippen LogP contribution in [0.5, 0.6) is 0 Å². The predicted molar refractivity (Wildman–Crippen MR) is 104 cm³/mol. The highest BCUT2D eigenvalue weighted by atomic mass is 32.1. The van der Waals surface area contributed by atoms with Gasteiger partial charge >= 0.3 is 0 Å². The van der Waals surface area contributed by atoms with Crippen molar-refractivity contribution in [1.29, 1.82) is 0 Å². The lowest BCUT2D eigenvalue weighted by Gasteiger charge is -2.04. The van der Waals surface area contributed by atoms with Gasteiger partial charge in [0.1, 0.15) is 10.7 Å². The van der Waals surface area contributed by atoms with Crippen LogP contribution in [-0.4, -0.2) is 26.6 Å². The lowest BCUT2D eigenvalue weighted by atomic mass is 10.1. The van der Waals surface area contributed by atoms with Crippen LogP contribution in [-0.2, 0) is 11.2 Å². The van der Waals surface area contributed by atoms with E-state index in [4.69, 9.17) is 0 Å². The number of rotatable bonds is 4. The minimum Gasteiger partial charge on any atom is -0.364 e. The van der Waals surface area contributed by atoms with E-state index in [1.807, 2.05) is 40.8 Å². The van der Waals surface area contributed by atoms with E-state index in [0.29, 0.717) is 16.0 Å². The number of H-pyrrole nitrogens is 2. The number of fused-ring (bicyclic) bond motifs is 1. The van der Waals surface area contributed by atoms with Gasteiger partial charge in [-0.1, -0.05) is 0 Å². The minimum absolute atomic E-state index is 0.0386. The molecule has 3 aromatic rings. The van der Waals surface area contributed by atoms with Crippen LogP contribution in [0.1, 0.15) is 40.0 Å². The second-order valence-electron chi connectivity index (χ2n) is 6.36. The molecule has 0 unspecified atom stereocenters. The monoisotopic (exact) mass is 371 g/mol. The number of aryl methyl sites for hydroxylation is 4. The van der Waals surface area contributed by atoms with Crippen LogP contribution in [0, 0.1) is 27.7 Å². The molecule has 3 heterocycles. The molecule has 0 aliphatic rings. The standard InChI is InChI=1S/C18H21N5O2S/c1-8-7-19-10(3)15(8)11(4)22-23-14(24)6-13-20-17(25)16-9(2)12(5)26-18(16)21-13/h7,19H,6H2,1-5H3,(H,23,24)(H,20,21,25)/b22-11+. The topological polar surface area (TPSA) is 103 Å². The van der Waals surface area contributed by atoms with Crippen LogP contribution in [0.3, 0.4) is 0 Å². The van der Waals surface area contributed by atoms with Crippen LogP contribution in [0.25, 0.3) is 10.2 Å². The molecule has 3 aromatic heterocycles. The zero-order valence-corrected chi connectivity index (χ0v) is 16.2. The Bertz CT molecular complexity index is 1070. The summed E-state index contributed by atoms with van der Waals surface area (Å²) in [6, 6.07) is 0. The van der Waals surface area contributed by atoms with Crippen LogP contribution in [0.4, 0.5) is 0 Å². The maximum Gasteiger partial charge on any atom is 0.259 e. The molecular formula is C18H21N5O2S. The second-order valence-corrected chi connectivity index (χ2v) is 7.56. The van der Waals surface area contributed by atoms with Crippen molar-refractivity contribution in [2.45, 2.75) is 41.0 Å². The average molecular weight is 371 g/mol. The first-order valence-corrected chi connectivity index (χ1v) is 9.06. The smallest absolute Gasteiger partial charge is 0.259 e. The molecule has 3 N–H and O–H groups in total. The summed E-state index contributed by atoms with van der Waals surface area (Å²) in [5, 5.41) is 4.77. The van der Waals surface area contributed by atoms with E-state index < -0.39 is 0 Å². The van der Waals surface area contributed by atoms with Gasteiger partial charge in [0.2, 0.25) is 5.91 Å². The van der Waals surface area contributed by atoms with Crippen molar-refractivity contribution in [3.8, 4) is 0 Å². The van der Waals surface area contributed by atoms with Gasteiger partial charge in [-0.2, -0.15) is 5.10 Å². The number of carbonyl (C=O) groups is 1. The van der Waals surface area contributed by atoms with Crippen LogP contribution < -0.4 is 11.0 Å². The molecule has 0 aliphatic heterocycles. The molecule has 0 spiro atoms. The molecule has 0 bridgehead atoms. The molecule has 0 aromatic carbocycles. The molecule has 1 amide bonds. The number of nitrogens with one attached hydrogen (secondary N) is 3. The van der Waals surface area contributed by atoms with Crippen molar-refractivity contribution >= 4 is 33.2 Å². The second kappa shape index (κ2) is 6.87. The van der Waals surface area contributed by atoms with Gasteiger partial charge in [0.25, 0.3) is 5.56 Å². The number of aromatic nitrogens is 3. The maximum atomic E-state index is 12.3. The molecule has 0 atom stereocenters. The zero-order valence-electron chi connectivity index (χ0n) is 15.4. The van der Waals surface area contributed by atoms with Crippen molar-refractivity contribution in [2.24, 2.45) is 5.10 Å². The number of nitrogens with zero attached hydrogens (tertiary/aromatic N) is 2. The van der Waals surface area contributed by atoms with Crippen molar-refractivity contribution in [2.75, 3.05) is 0 Å². The first-order chi connectivity index (χ1) is 12.3. The van der Waals surface area contributed by atoms with E-state index in [9.17, 15) is 9.59 Å². The van der Waals surface area contributed by atoms with Crippen LogP contribution >= 0.6 is 11.3 Å². The molecule has 26 heavy (non-hydrogen) atoms. The highest BCUT2D eigenvalue weighted by Gasteiger charge is 2.14. The first-order valence-electron chi connectivity index (χ1n) is 8.25. The maximum absolute atomic E-state index is 12.3. The van der Waals surface area contributed by atoms with E-state index in [0.717, 1.165) is 33.0 Å². The third kappa shape index (κ3) is 3.32. The summed E-state index contributed by atoms with van der Waals surface area (Å²) in [7, 11) is 0. The van der Waals surface area contributed by atoms with Crippen molar-refractivity contribution in [3.05, 3.63) is 49.6 Å². The third-order valence-electron chi connectivity index (χ3n) is 4.40. The third-order valence-corrected chi connectivity index (χ3v) is 5.50. The number of carbonyl (C=O) groups excluding carboxylic acids is 1. The van der Waals surface area contributed by atoms with E-state index >= 15 is 0 Å². The molecular weight excluding hydrogens is 350 g/mol. The fourth-order valence-corrected chi connectivity index (χ4v) is 4.04. The Morgan fingerprint density at radius 2 is 2.04 bits per heavy atom. The highest BCUT2D eigenvalue weighted by Crippen LogP contribution is 2.25. The van der Waals surface area contributed by atoms with Gasteiger partial charge in [-0.15, -0.1) is 11.3 Å². The Labute approximate surface area is 154 Å². The summed E-state index contributed by atoms with van der Waals surface area (Å²) in [5.41, 5.74) is 7.03. The molecule has 0 fully saturated rings. The van der Waals surface area contributed by atoms with Gasteiger partial charge in [-0.05, 0) is 45.7 Å². The molecule has 0 saturated carbocycles. The Kier molecular flexibility index (Phi) is 4.78. The fraction of sp³-hybridized carbons (Fsp3) is 0.333. The van der Waals surface area contributed by atoms with Gasteiger partial charge < -0.3 is 9.97 Å². The lowest BCUT2D eigenvalue weighted by Crippen LogP contribution is -2.24. The largest absolute Gasteiger partial charge is 0.364 e. The van der Waals surface area contributed by atoms with Crippen molar-refractivity contribution in [1.82, 2.24) is 20.4 Å². The molecule has 136 valence electrons. The van der Waals surface area contributed by atoms with Gasteiger partial charge in [0.05, 0.1) is 17.5 Å². The molecule has 0 aliphatic carbocycles. The molecule has 8 heteroatoms. The number of aromatic amines is 2. The van der Waals surface area contributed by atoms with Crippen molar-refractivity contribution in [3.63, 3.8) is 0 Å². The summed E-state index contributed by atoms with van der Waals surface area (Å²) >= 11 is 1.46. The molecule has 3 rings (SSSR count). The molecule has 0 saturated heterocycles. The first kappa shape index (κ1) is 18.1. The normalized spacial score (nSPS) is 12.0. The Morgan fingerprint density at radius 3 is 2.69 bits per heavy atom. The highest BCUT2D eigenvalue weighted by molar-refractivity contribution is 7.18. The van der Waals surface area contributed by atoms with Gasteiger partial charge in [-0.3, -0.25) is 9.59 Å². The summed E-state index contributed by atoms with van der Waals surface area (Å²) in [6.45, 7) is 9.63. The Morgan fingerprint density at radius 1 is 1.31 bits per heavy atom. The number of hydrogen-bond donors (Lipinski definition) is 3. The van der Waals surface area contributed by atoms with Gasteiger partial charge in [-0.25, -0.2) is 10.4 Å². The van der Waals surface area contributed by atoms with E-state index in [-0.39, 0.29) is 17.9 Å². The minimum atomic E-state index is -0.331. The summed E-state index contributed by atoms with van der Waals surface area (Å²) < 4.78 is 0.